The highest BCUT2D eigenvalue weighted by Crippen LogP contribution is 2.16. The molecule has 2 N–H and O–H groups in total. The third-order valence-corrected chi connectivity index (χ3v) is 2.76. The predicted molar refractivity (Wildman–Crippen MR) is 63.9 cm³/mol. The first kappa shape index (κ1) is 11.8. The second-order valence-electron chi connectivity index (χ2n) is 3.35. The molecule has 0 saturated carbocycles. The standard InChI is InChI=1S/C11H9BrFN3O/c12-8-5-7(1-2-9(8)13)11(17)16-6-10-14-3-4-15-10/h1-5H,6H2,(H,14,15)(H,16,17). The molecule has 1 heterocycles. The normalized spacial score (nSPS) is 10.2. The maximum atomic E-state index is 13.0. The second kappa shape index (κ2) is 5.09. The lowest BCUT2D eigenvalue weighted by Gasteiger charge is -2.04. The number of H-pyrrole nitrogens is 1. The zero-order chi connectivity index (χ0) is 12.3. The first-order valence-electron chi connectivity index (χ1n) is 4.88. The Hall–Kier alpha value is -1.69. The molecule has 2 aromatic rings. The minimum atomic E-state index is -0.396. The Bertz CT molecular complexity index is 528. The highest BCUT2D eigenvalue weighted by molar-refractivity contribution is 9.10. The summed E-state index contributed by atoms with van der Waals surface area (Å²) in [6.45, 7) is 0.306. The smallest absolute Gasteiger partial charge is 0.251 e. The van der Waals surface area contributed by atoms with E-state index in [0.29, 0.717) is 17.9 Å². The zero-order valence-corrected chi connectivity index (χ0v) is 10.3. The number of amides is 1. The van der Waals surface area contributed by atoms with Crippen LogP contribution in [0.3, 0.4) is 0 Å². The van der Waals surface area contributed by atoms with Gasteiger partial charge in [-0.15, -0.1) is 0 Å². The summed E-state index contributed by atoms with van der Waals surface area (Å²) >= 11 is 3.03. The first-order chi connectivity index (χ1) is 8.16. The highest BCUT2D eigenvalue weighted by Gasteiger charge is 2.08. The Morgan fingerprint density at radius 3 is 3.00 bits per heavy atom. The fraction of sp³-hybridized carbons (Fsp3) is 0.0909. The molecule has 0 bridgehead atoms. The number of carbonyl (C=O) groups is 1. The van der Waals surface area contributed by atoms with Gasteiger partial charge in [0.2, 0.25) is 0 Å². The Morgan fingerprint density at radius 2 is 2.35 bits per heavy atom. The molecule has 6 heteroatoms. The SMILES string of the molecule is O=C(NCc1ncc[nH]1)c1ccc(F)c(Br)c1. The number of nitrogens with one attached hydrogen (secondary N) is 2. The molecule has 0 saturated heterocycles. The molecule has 0 radical (unpaired) electrons. The zero-order valence-electron chi connectivity index (χ0n) is 8.71. The van der Waals surface area contributed by atoms with Gasteiger partial charge in [-0.3, -0.25) is 4.79 Å². The number of nitrogens with zero attached hydrogens (tertiary/aromatic N) is 1. The topological polar surface area (TPSA) is 57.8 Å². The summed E-state index contributed by atoms with van der Waals surface area (Å²) in [4.78, 5) is 18.6. The van der Waals surface area contributed by atoms with E-state index in [0.717, 1.165) is 0 Å². The maximum Gasteiger partial charge on any atom is 0.251 e. The summed E-state index contributed by atoms with van der Waals surface area (Å²) in [5, 5.41) is 2.67. The van der Waals surface area contributed by atoms with Crippen molar-refractivity contribution in [1.82, 2.24) is 15.3 Å². The third kappa shape index (κ3) is 2.91. The summed E-state index contributed by atoms with van der Waals surface area (Å²) < 4.78 is 13.2. The number of rotatable bonds is 3. The van der Waals surface area contributed by atoms with Crippen molar-refractivity contribution in [2.75, 3.05) is 0 Å². The predicted octanol–water partition coefficient (Wildman–Crippen LogP) is 2.24. The van der Waals surface area contributed by atoms with Crippen LogP contribution in [0.5, 0.6) is 0 Å². The molecule has 2 rings (SSSR count). The second-order valence-corrected chi connectivity index (χ2v) is 4.20. The van der Waals surface area contributed by atoms with Gasteiger partial charge in [-0.2, -0.15) is 0 Å². The molecule has 17 heavy (non-hydrogen) atoms. The van der Waals surface area contributed by atoms with Gasteiger partial charge in [-0.25, -0.2) is 9.37 Å². The molecule has 0 unspecified atom stereocenters. The summed E-state index contributed by atoms with van der Waals surface area (Å²) in [5.41, 5.74) is 0.393. The molecular formula is C11H9BrFN3O. The van der Waals surface area contributed by atoms with E-state index in [9.17, 15) is 9.18 Å². The van der Waals surface area contributed by atoms with Crippen LogP contribution in [0.4, 0.5) is 4.39 Å². The number of hydrogen-bond donors (Lipinski definition) is 2. The Labute approximate surface area is 105 Å². The van der Waals surface area contributed by atoms with Crippen molar-refractivity contribution in [3.8, 4) is 0 Å². The molecule has 88 valence electrons. The highest BCUT2D eigenvalue weighted by atomic mass is 79.9. The molecule has 0 atom stereocenters. The minimum Gasteiger partial charge on any atom is -0.347 e. The van der Waals surface area contributed by atoms with E-state index >= 15 is 0 Å². The average molecular weight is 298 g/mol. The number of aromatic nitrogens is 2. The Kier molecular flexibility index (Phi) is 3.53. The van der Waals surface area contributed by atoms with Gasteiger partial charge in [0.25, 0.3) is 5.91 Å². The van der Waals surface area contributed by atoms with Gasteiger partial charge in [0.1, 0.15) is 11.6 Å². The summed E-state index contributed by atoms with van der Waals surface area (Å²) in [5.74, 6) is -0.00536. The Morgan fingerprint density at radius 1 is 1.53 bits per heavy atom. The van der Waals surface area contributed by atoms with Gasteiger partial charge in [-0.1, -0.05) is 0 Å². The van der Waals surface area contributed by atoms with E-state index in [1.807, 2.05) is 0 Å². The van der Waals surface area contributed by atoms with Crippen molar-refractivity contribution < 1.29 is 9.18 Å². The van der Waals surface area contributed by atoms with Crippen molar-refractivity contribution in [3.63, 3.8) is 0 Å². The lowest BCUT2D eigenvalue weighted by Crippen LogP contribution is -2.23. The molecule has 1 amide bonds. The van der Waals surface area contributed by atoms with Gasteiger partial charge >= 0.3 is 0 Å². The molecule has 0 fully saturated rings. The molecule has 0 aliphatic heterocycles. The summed E-state index contributed by atoms with van der Waals surface area (Å²) in [6.07, 6.45) is 3.28. The van der Waals surface area contributed by atoms with E-state index in [1.165, 1.54) is 18.2 Å². The van der Waals surface area contributed by atoms with Crippen LogP contribution in [0, 0.1) is 5.82 Å². The van der Waals surface area contributed by atoms with Crippen molar-refractivity contribution in [2.45, 2.75) is 6.54 Å². The van der Waals surface area contributed by atoms with Crippen LogP contribution >= 0.6 is 15.9 Å². The fourth-order valence-electron chi connectivity index (χ4n) is 1.30. The van der Waals surface area contributed by atoms with Gasteiger partial charge in [-0.05, 0) is 34.1 Å². The number of hydrogen-bond acceptors (Lipinski definition) is 2. The number of halogens is 2. The minimum absolute atomic E-state index is 0.267. The van der Waals surface area contributed by atoms with Gasteiger partial charge in [0.15, 0.2) is 0 Å². The molecular weight excluding hydrogens is 289 g/mol. The van der Waals surface area contributed by atoms with Gasteiger partial charge in [0, 0.05) is 18.0 Å². The van der Waals surface area contributed by atoms with Crippen LogP contribution < -0.4 is 5.32 Å². The van der Waals surface area contributed by atoms with Gasteiger partial charge < -0.3 is 10.3 Å². The van der Waals surface area contributed by atoms with E-state index in [-0.39, 0.29) is 10.4 Å². The van der Waals surface area contributed by atoms with E-state index < -0.39 is 5.82 Å². The maximum absolute atomic E-state index is 13.0. The fourth-order valence-corrected chi connectivity index (χ4v) is 1.68. The molecule has 0 aliphatic rings. The lowest BCUT2D eigenvalue weighted by molar-refractivity contribution is 0.0950. The van der Waals surface area contributed by atoms with E-state index in [1.54, 1.807) is 12.4 Å². The first-order valence-corrected chi connectivity index (χ1v) is 5.67. The quantitative estimate of drug-likeness (QED) is 0.913. The monoisotopic (exact) mass is 297 g/mol. The summed E-state index contributed by atoms with van der Waals surface area (Å²) in [6, 6.07) is 4.11. The van der Waals surface area contributed by atoms with Crippen molar-refractivity contribution >= 4 is 21.8 Å². The number of carbonyl (C=O) groups excluding carboxylic acids is 1. The van der Waals surface area contributed by atoms with Crippen LogP contribution in [0.2, 0.25) is 0 Å². The molecule has 0 aliphatic carbocycles. The Balaban J connectivity index is 2.02. The van der Waals surface area contributed by atoms with Crippen LogP contribution in [0.25, 0.3) is 0 Å². The van der Waals surface area contributed by atoms with Crippen LogP contribution in [0.1, 0.15) is 16.2 Å². The number of benzene rings is 1. The number of imidazole rings is 1. The summed E-state index contributed by atoms with van der Waals surface area (Å²) in [7, 11) is 0. The average Bonchev–Trinajstić information content (AvgIpc) is 2.82. The van der Waals surface area contributed by atoms with E-state index in [4.69, 9.17) is 0 Å². The van der Waals surface area contributed by atoms with E-state index in [2.05, 4.69) is 31.2 Å². The van der Waals surface area contributed by atoms with Crippen LogP contribution in [-0.4, -0.2) is 15.9 Å². The van der Waals surface area contributed by atoms with Crippen molar-refractivity contribution in [3.05, 3.63) is 52.3 Å². The van der Waals surface area contributed by atoms with Crippen molar-refractivity contribution in [2.24, 2.45) is 0 Å². The van der Waals surface area contributed by atoms with Gasteiger partial charge in [0.05, 0.1) is 11.0 Å². The lowest BCUT2D eigenvalue weighted by atomic mass is 10.2. The molecule has 1 aromatic carbocycles. The van der Waals surface area contributed by atoms with Crippen LogP contribution in [-0.2, 0) is 6.54 Å². The number of aromatic amines is 1. The molecule has 1 aromatic heterocycles. The van der Waals surface area contributed by atoms with Crippen molar-refractivity contribution in [1.29, 1.82) is 0 Å². The van der Waals surface area contributed by atoms with Crippen LogP contribution in [0.15, 0.2) is 35.1 Å². The molecule has 0 spiro atoms. The molecule has 4 nitrogen and oxygen atoms in total. The third-order valence-electron chi connectivity index (χ3n) is 2.15. The largest absolute Gasteiger partial charge is 0.347 e.